The highest BCUT2D eigenvalue weighted by Gasteiger charge is 2.26. The van der Waals surface area contributed by atoms with Crippen LogP contribution in [0.1, 0.15) is 27.3 Å². The second-order valence-electron chi connectivity index (χ2n) is 5.15. The Kier molecular flexibility index (Phi) is 3.38. The summed E-state index contributed by atoms with van der Waals surface area (Å²) in [6.07, 6.45) is 0.623. The Labute approximate surface area is 125 Å². The second-order valence-corrected chi connectivity index (χ2v) is 5.15. The molecule has 22 heavy (non-hydrogen) atoms. The van der Waals surface area contributed by atoms with Crippen LogP contribution < -0.4 is 5.32 Å². The van der Waals surface area contributed by atoms with Crippen molar-refractivity contribution in [1.82, 2.24) is 15.1 Å². The van der Waals surface area contributed by atoms with Gasteiger partial charge in [-0.25, -0.2) is 9.48 Å². The van der Waals surface area contributed by atoms with E-state index < -0.39 is 10.9 Å². The quantitative estimate of drug-likeness (QED) is 0.655. The Hall–Kier alpha value is -2.74. The molecule has 2 aromatic rings. The highest BCUT2D eigenvalue weighted by Crippen LogP contribution is 2.26. The first-order chi connectivity index (χ1) is 10.5. The molecule has 0 amide bonds. The maximum atomic E-state index is 11.4. The van der Waals surface area contributed by atoms with Crippen LogP contribution >= 0.6 is 0 Å². The van der Waals surface area contributed by atoms with Gasteiger partial charge in [-0.15, -0.1) is 0 Å². The van der Waals surface area contributed by atoms with Gasteiger partial charge >= 0.3 is 5.97 Å². The number of nitro groups is 1. The lowest BCUT2D eigenvalue weighted by Gasteiger charge is -2.16. The molecule has 1 aromatic carbocycles. The van der Waals surface area contributed by atoms with Gasteiger partial charge in [0.05, 0.1) is 16.3 Å². The Morgan fingerprint density at radius 2 is 2.27 bits per heavy atom. The first kappa shape index (κ1) is 14.2. The second kappa shape index (κ2) is 5.23. The Balaban J connectivity index is 2.22. The third-order valence-electron chi connectivity index (χ3n) is 3.76. The lowest BCUT2D eigenvalue weighted by atomic mass is 10.1. The van der Waals surface area contributed by atoms with E-state index in [1.165, 1.54) is 16.8 Å². The number of rotatable bonds is 3. The molecule has 0 bridgehead atoms. The number of fused-ring (bicyclic) bond motifs is 1. The van der Waals surface area contributed by atoms with E-state index in [9.17, 15) is 20.0 Å². The van der Waals surface area contributed by atoms with Gasteiger partial charge in [0.2, 0.25) is 0 Å². The summed E-state index contributed by atoms with van der Waals surface area (Å²) in [5.74, 6) is -1.10. The van der Waals surface area contributed by atoms with Crippen molar-refractivity contribution < 1.29 is 14.8 Å². The highest BCUT2D eigenvalue weighted by atomic mass is 16.6. The number of carbonyl (C=O) groups is 1. The van der Waals surface area contributed by atoms with Crippen molar-refractivity contribution in [3.05, 3.63) is 50.8 Å². The summed E-state index contributed by atoms with van der Waals surface area (Å²) in [5.41, 5.74) is 2.72. The van der Waals surface area contributed by atoms with E-state index in [2.05, 4.69) is 10.4 Å². The molecule has 8 heteroatoms. The molecule has 8 nitrogen and oxygen atoms in total. The molecular formula is C14H14N4O4. The van der Waals surface area contributed by atoms with Gasteiger partial charge in [0, 0.05) is 37.2 Å². The fraction of sp³-hybridized carbons (Fsp3) is 0.286. The number of nitro benzene ring substituents is 1. The largest absolute Gasteiger partial charge is 0.476 e. The summed E-state index contributed by atoms with van der Waals surface area (Å²) in [6, 6.07) is 4.49. The summed E-state index contributed by atoms with van der Waals surface area (Å²) in [7, 11) is 0. The van der Waals surface area contributed by atoms with E-state index in [-0.39, 0.29) is 11.4 Å². The first-order valence-corrected chi connectivity index (χ1v) is 6.79. The van der Waals surface area contributed by atoms with Crippen molar-refractivity contribution in [3.8, 4) is 5.69 Å². The smallest absolute Gasteiger partial charge is 0.356 e. The topological polar surface area (TPSA) is 110 Å². The number of hydrogen-bond donors (Lipinski definition) is 2. The molecule has 0 aliphatic carbocycles. The summed E-state index contributed by atoms with van der Waals surface area (Å²) in [6.45, 7) is 2.96. The molecular weight excluding hydrogens is 288 g/mol. The third-order valence-corrected chi connectivity index (χ3v) is 3.76. The minimum absolute atomic E-state index is 0.00638. The van der Waals surface area contributed by atoms with Crippen molar-refractivity contribution in [3.63, 3.8) is 0 Å². The number of aromatic nitrogens is 2. The van der Waals surface area contributed by atoms with Gasteiger partial charge in [-0.05, 0) is 12.5 Å². The molecule has 1 aliphatic rings. The van der Waals surface area contributed by atoms with Gasteiger partial charge in [-0.2, -0.15) is 5.10 Å². The molecule has 1 aliphatic heterocycles. The molecule has 3 rings (SSSR count). The minimum Gasteiger partial charge on any atom is -0.476 e. The fourth-order valence-corrected chi connectivity index (χ4v) is 2.66. The summed E-state index contributed by atoms with van der Waals surface area (Å²) < 4.78 is 1.53. The molecule has 0 spiro atoms. The predicted molar refractivity (Wildman–Crippen MR) is 77.3 cm³/mol. The van der Waals surface area contributed by atoms with E-state index in [1.807, 2.05) is 6.92 Å². The molecule has 0 atom stereocenters. The molecule has 0 saturated carbocycles. The Morgan fingerprint density at radius 3 is 2.95 bits per heavy atom. The number of hydrogen-bond acceptors (Lipinski definition) is 5. The molecule has 0 radical (unpaired) electrons. The van der Waals surface area contributed by atoms with Crippen LogP contribution in [0, 0.1) is 17.0 Å². The Morgan fingerprint density at radius 1 is 1.50 bits per heavy atom. The van der Waals surface area contributed by atoms with Gasteiger partial charge in [-0.3, -0.25) is 10.1 Å². The number of non-ortho nitro benzene ring substituents is 1. The zero-order valence-corrected chi connectivity index (χ0v) is 11.9. The molecule has 2 N–H and O–H groups in total. The van der Waals surface area contributed by atoms with Crippen molar-refractivity contribution in [2.45, 2.75) is 19.9 Å². The summed E-state index contributed by atoms with van der Waals surface area (Å²) >= 11 is 0. The lowest BCUT2D eigenvalue weighted by molar-refractivity contribution is -0.384. The number of aromatic carboxylic acids is 1. The zero-order chi connectivity index (χ0) is 15.9. The highest BCUT2D eigenvalue weighted by molar-refractivity contribution is 5.87. The molecule has 0 unspecified atom stereocenters. The molecule has 0 saturated heterocycles. The van der Waals surface area contributed by atoms with Crippen LogP contribution in [-0.4, -0.2) is 32.3 Å². The van der Waals surface area contributed by atoms with Gasteiger partial charge in [0.25, 0.3) is 5.69 Å². The third kappa shape index (κ3) is 2.23. The van der Waals surface area contributed by atoms with E-state index in [0.29, 0.717) is 30.8 Å². The van der Waals surface area contributed by atoms with E-state index in [4.69, 9.17) is 0 Å². The van der Waals surface area contributed by atoms with E-state index in [0.717, 1.165) is 11.3 Å². The van der Waals surface area contributed by atoms with Gasteiger partial charge < -0.3 is 10.4 Å². The normalized spacial score (nSPS) is 13.7. The summed E-state index contributed by atoms with van der Waals surface area (Å²) in [4.78, 5) is 21.9. The van der Waals surface area contributed by atoms with Crippen molar-refractivity contribution >= 4 is 11.7 Å². The predicted octanol–water partition coefficient (Wildman–Crippen LogP) is 1.43. The summed E-state index contributed by atoms with van der Waals surface area (Å²) in [5, 5.41) is 27.6. The van der Waals surface area contributed by atoms with E-state index >= 15 is 0 Å². The van der Waals surface area contributed by atoms with Crippen LogP contribution in [0.2, 0.25) is 0 Å². The van der Waals surface area contributed by atoms with Crippen molar-refractivity contribution in [1.29, 1.82) is 0 Å². The maximum absolute atomic E-state index is 11.4. The minimum atomic E-state index is -1.10. The van der Waals surface area contributed by atoms with Crippen molar-refractivity contribution in [2.75, 3.05) is 6.54 Å². The van der Waals surface area contributed by atoms with Crippen LogP contribution in [0.15, 0.2) is 18.2 Å². The first-order valence-electron chi connectivity index (χ1n) is 6.79. The number of nitrogens with zero attached hydrogens (tertiary/aromatic N) is 3. The van der Waals surface area contributed by atoms with E-state index in [1.54, 1.807) is 6.07 Å². The standard InChI is InChI=1S/C14H14N4O4/c1-8-2-3-9(18(21)22)6-12(8)17-11-4-5-15-7-10(11)13(16-17)14(19)20/h2-3,6,15H,4-5,7H2,1H3,(H,19,20). The number of carboxylic acid groups (broad SMARTS) is 1. The molecule has 0 fully saturated rings. The molecule has 1 aromatic heterocycles. The number of nitrogens with one attached hydrogen (secondary N) is 1. The average Bonchev–Trinajstić information content (AvgIpc) is 2.87. The average molecular weight is 302 g/mol. The van der Waals surface area contributed by atoms with Crippen molar-refractivity contribution in [2.24, 2.45) is 0 Å². The van der Waals surface area contributed by atoms with Gasteiger partial charge in [0.15, 0.2) is 5.69 Å². The zero-order valence-electron chi connectivity index (χ0n) is 11.9. The van der Waals surface area contributed by atoms with Gasteiger partial charge in [-0.1, -0.05) is 6.07 Å². The molecule has 2 heterocycles. The number of benzene rings is 1. The van der Waals surface area contributed by atoms with Crippen LogP contribution in [-0.2, 0) is 13.0 Å². The van der Waals surface area contributed by atoms with Crippen LogP contribution in [0.3, 0.4) is 0 Å². The monoisotopic (exact) mass is 302 g/mol. The Bertz CT molecular complexity index is 781. The fourth-order valence-electron chi connectivity index (χ4n) is 2.66. The number of carboxylic acids is 1. The maximum Gasteiger partial charge on any atom is 0.356 e. The SMILES string of the molecule is Cc1ccc([N+](=O)[O-])cc1-n1nc(C(=O)O)c2c1CCNC2. The van der Waals surface area contributed by atoms with Crippen LogP contribution in [0.5, 0.6) is 0 Å². The lowest BCUT2D eigenvalue weighted by Crippen LogP contribution is -2.25. The van der Waals surface area contributed by atoms with Crippen LogP contribution in [0.4, 0.5) is 5.69 Å². The van der Waals surface area contributed by atoms with Gasteiger partial charge in [0.1, 0.15) is 0 Å². The van der Waals surface area contributed by atoms with Crippen LogP contribution in [0.25, 0.3) is 5.69 Å². The number of aryl methyl sites for hydroxylation is 1. The molecule has 114 valence electrons.